The van der Waals surface area contributed by atoms with E-state index in [4.69, 9.17) is 11.5 Å². The van der Waals surface area contributed by atoms with Crippen LogP contribution in [0.5, 0.6) is 0 Å². The zero-order chi connectivity index (χ0) is 12.4. The van der Waals surface area contributed by atoms with E-state index in [-0.39, 0.29) is 6.04 Å². The number of anilines is 1. The first-order chi connectivity index (χ1) is 8.09. The molecule has 4 N–H and O–H groups in total. The van der Waals surface area contributed by atoms with Crippen molar-refractivity contribution in [2.24, 2.45) is 5.73 Å². The summed E-state index contributed by atoms with van der Waals surface area (Å²) in [7, 11) is 0. The van der Waals surface area contributed by atoms with Crippen molar-refractivity contribution in [2.75, 3.05) is 5.73 Å². The lowest BCUT2D eigenvalue weighted by atomic mass is 10.0. The van der Waals surface area contributed by atoms with Crippen LogP contribution in [-0.4, -0.2) is 9.97 Å². The standard InChI is InChI=1S/C13H16N4/c1-8-7-10(11-5-3-4-6-16-11)12(9(2)14)17-13(8)15/h3-7,9H,14H2,1-2H3,(H2,15,17). The van der Waals surface area contributed by atoms with Gasteiger partial charge in [-0.05, 0) is 37.6 Å². The topological polar surface area (TPSA) is 77.8 Å². The molecular weight excluding hydrogens is 212 g/mol. The summed E-state index contributed by atoms with van der Waals surface area (Å²) < 4.78 is 0. The molecule has 1 atom stereocenters. The Morgan fingerprint density at radius 1 is 1.29 bits per heavy atom. The molecule has 4 nitrogen and oxygen atoms in total. The van der Waals surface area contributed by atoms with Gasteiger partial charge in [0, 0.05) is 17.8 Å². The van der Waals surface area contributed by atoms with Crippen molar-refractivity contribution in [3.63, 3.8) is 0 Å². The van der Waals surface area contributed by atoms with Gasteiger partial charge in [0.05, 0.1) is 11.4 Å². The zero-order valence-electron chi connectivity index (χ0n) is 10.0. The largest absolute Gasteiger partial charge is 0.383 e. The number of hydrogen-bond donors (Lipinski definition) is 2. The number of aryl methyl sites for hydroxylation is 1. The number of hydrogen-bond acceptors (Lipinski definition) is 4. The molecule has 1 unspecified atom stereocenters. The molecule has 0 spiro atoms. The van der Waals surface area contributed by atoms with Gasteiger partial charge >= 0.3 is 0 Å². The number of pyridine rings is 2. The lowest BCUT2D eigenvalue weighted by molar-refractivity contribution is 0.784. The van der Waals surface area contributed by atoms with Crippen LogP contribution in [0.1, 0.15) is 24.2 Å². The van der Waals surface area contributed by atoms with Crippen LogP contribution in [0, 0.1) is 6.92 Å². The maximum Gasteiger partial charge on any atom is 0.126 e. The van der Waals surface area contributed by atoms with Crippen LogP contribution >= 0.6 is 0 Å². The highest BCUT2D eigenvalue weighted by molar-refractivity contribution is 5.65. The van der Waals surface area contributed by atoms with Crippen molar-refractivity contribution >= 4 is 5.82 Å². The monoisotopic (exact) mass is 228 g/mol. The highest BCUT2D eigenvalue weighted by Gasteiger charge is 2.13. The Kier molecular flexibility index (Phi) is 3.06. The average molecular weight is 228 g/mol. The molecule has 2 rings (SSSR count). The molecule has 2 aromatic heterocycles. The smallest absolute Gasteiger partial charge is 0.126 e. The summed E-state index contributed by atoms with van der Waals surface area (Å²) in [5.74, 6) is 0.525. The SMILES string of the molecule is Cc1cc(-c2ccccn2)c(C(C)N)nc1N. The van der Waals surface area contributed by atoms with Gasteiger partial charge in [0.15, 0.2) is 0 Å². The molecule has 0 amide bonds. The molecule has 0 saturated heterocycles. The van der Waals surface area contributed by atoms with Gasteiger partial charge in [-0.25, -0.2) is 4.98 Å². The van der Waals surface area contributed by atoms with Crippen LogP contribution in [0.15, 0.2) is 30.5 Å². The van der Waals surface area contributed by atoms with Gasteiger partial charge in [-0.1, -0.05) is 6.07 Å². The predicted octanol–water partition coefficient (Wildman–Crippen LogP) is 2.05. The summed E-state index contributed by atoms with van der Waals surface area (Å²) in [6, 6.07) is 7.59. The van der Waals surface area contributed by atoms with E-state index in [1.54, 1.807) is 6.20 Å². The lowest BCUT2D eigenvalue weighted by Crippen LogP contribution is -2.11. The van der Waals surface area contributed by atoms with Crippen molar-refractivity contribution in [1.82, 2.24) is 9.97 Å². The maximum atomic E-state index is 5.92. The van der Waals surface area contributed by atoms with E-state index in [1.807, 2.05) is 38.1 Å². The van der Waals surface area contributed by atoms with Crippen LogP contribution < -0.4 is 11.5 Å². The highest BCUT2D eigenvalue weighted by atomic mass is 14.9. The Morgan fingerprint density at radius 2 is 2.06 bits per heavy atom. The van der Waals surface area contributed by atoms with Crippen LogP contribution in [0.3, 0.4) is 0 Å². The molecule has 2 aromatic rings. The minimum Gasteiger partial charge on any atom is -0.383 e. The Bertz CT molecular complexity index is 520. The lowest BCUT2D eigenvalue weighted by Gasteiger charge is -2.13. The van der Waals surface area contributed by atoms with Crippen LogP contribution in [0.25, 0.3) is 11.3 Å². The molecule has 0 radical (unpaired) electrons. The van der Waals surface area contributed by atoms with Crippen molar-refractivity contribution in [3.05, 3.63) is 41.7 Å². The van der Waals surface area contributed by atoms with Crippen molar-refractivity contribution < 1.29 is 0 Å². The second kappa shape index (κ2) is 4.51. The number of rotatable bonds is 2. The molecule has 0 aliphatic carbocycles. The third kappa shape index (κ3) is 2.26. The zero-order valence-corrected chi connectivity index (χ0v) is 10.0. The molecule has 2 heterocycles. The van der Waals surface area contributed by atoms with Crippen LogP contribution in [0.4, 0.5) is 5.82 Å². The molecular formula is C13H16N4. The van der Waals surface area contributed by atoms with Crippen molar-refractivity contribution in [2.45, 2.75) is 19.9 Å². The van der Waals surface area contributed by atoms with E-state index in [0.717, 1.165) is 22.5 Å². The number of nitrogens with two attached hydrogens (primary N) is 2. The van der Waals surface area contributed by atoms with Gasteiger partial charge in [0.2, 0.25) is 0 Å². The molecule has 0 aliphatic heterocycles. The maximum absolute atomic E-state index is 5.92. The molecule has 4 heteroatoms. The fourth-order valence-corrected chi connectivity index (χ4v) is 1.72. The Balaban J connectivity index is 2.64. The quantitative estimate of drug-likeness (QED) is 0.824. The second-order valence-corrected chi connectivity index (χ2v) is 4.13. The molecule has 17 heavy (non-hydrogen) atoms. The fraction of sp³-hybridized carbons (Fsp3) is 0.231. The van der Waals surface area contributed by atoms with E-state index in [2.05, 4.69) is 9.97 Å². The minimum atomic E-state index is -0.171. The molecule has 0 saturated carbocycles. The van der Waals surface area contributed by atoms with Gasteiger partial charge in [-0.15, -0.1) is 0 Å². The van der Waals surface area contributed by atoms with Gasteiger partial charge in [-0.3, -0.25) is 4.98 Å². The first kappa shape index (κ1) is 11.5. The van der Waals surface area contributed by atoms with Crippen molar-refractivity contribution in [3.8, 4) is 11.3 Å². The number of aromatic nitrogens is 2. The first-order valence-corrected chi connectivity index (χ1v) is 5.53. The number of nitrogens with zero attached hydrogens (tertiary/aromatic N) is 2. The normalized spacial score (nSPS) is 12.4. The van der Waals surface area contributed by atoms with E-state index in [1.165, 1.54) is 0 Å². The number of nitrogen functional groups attached to an aromatic ring is 1. The predicted molar refractivity (Wildman–Crippen MR) is 69.2 cm³/mol. The summed E-state index contributed by atoms with van der Waals surface area (Å²) in [5.41, 5.74) is 15.3. The summed E-state index contributed by atoms with van der Waals surface area (Å²) >= 11 is 0. The van der Waals surface area contributed by atoms with E-state index < -0.39 is 0 Å². The highest BCUT2D eigenvalue weighted by Crippen LogP contribution is 2.27. The van der Waals surface area contributed by atoms with Gasteiger partial charge in [0.25, 0.3) is 0 Å². The third-order valence-electron chi connectivity index (χ3n) is 2.65. The van der Waals surface area contributed by atoms with E-state index >= 15 is 0 Å². The Hall–Kier alpha value is -1.94. The van der Waals surface area contributed by atoms with E-state index in [9.17, 15) is 0 Å². The van der Waals surface area contributed by atoms with Gasteiger partial charge in [0.1, 0.15) is 5.82 Å². The average Bonchev–Trinajstić information content (AvgIpc) is 2.33. The molecule has 88 valence electrons. The van der Waals surface area contributed by atoms with Gasteiger partial charge < -0.3 is 11.5 Å². The van der Waals surface area contributed by atoms with Crippen LogP contribution in [0.2, 0.25) is 0 Å². The fourth-order valence-electron chi connectivity index (χ4n) is 1.72. The Labute approximate surface area is 101 Å². The molecule has 0 aliphatic rings. The summed E-state index contributed by atoms with van der Waals surface area (Å²) in [6.45, 7) is 3.82. The van der Waals surface area contributed by atoms with Crippen molar-refractivity contribution in [1.29, 1.82) is 0 Å². The van der Waals surface area contributed by atoms with E-state index in [0.29, 0.717) is 5.82 Å². The van der Waals surface area contributed by atoms with Gasteiger partial charge in [-0.2, -0.15) is 0 Å². The minimum absolute atomic E-state index is 0.171. The third-order valence-corrected chi connectivity index (χ3v) is 2.65. The molecule has 0 fully saturated rings. The van der Waals surface area contributed by atoms with Crippen LogP contribution in [-0.2, 0) is 0 Å². The molecule has 0 bridgehead atoms. The second-order valence-electron chi connectivity index (χ2n) is 4.13. The summed E-state index contributed by atoms with van der Waals surface area (Å²) in [6.07, 6.45) is 1.76. The molecule has 0 aromatic carbocycles. The summed E-state index contributed by atoms with van der Waals surface area (Å²) in [4.78, 5) is 8.69. The first-order valence-electron chi connectivity index (χ1n) is 5.53. The summed E-state index contributed by atoms with van der Waals surface area (Å²) in [5, 5.41) is 0. The Morgan fingerprint density at radius 3 is 2.65 bits per heavy atom.